The first-order valence-corrected chi connectivity index (χ1v) is 6.55. The summed E-state index contributed by atoms with van der Waals surface area (Å²) in [5.41, 5.74) is 7.97. The maximum Gasteiger partial charge on any atom is 0.0540 e. The average molecular weight is 251 g/mol. The number of rotatable bonds is 8. The molecule has 0 aromatic heterocycles. The summed E-state index contributed by atoms with van der Waals surface area (Å²) in [5, 5.41) is 9.77. The molecule has 1 aromatic rings. The van der Waals surface area contributed by atoms with Crippen LogP contribution < -0.4 is 5.73 Å². The number of unbranched alkanes of at least 4 members (excludes halogenated alkanes) is 1. The topological polar surface area (TPSA) is 55.5 Å². The lowest BCUT2D eigenvalue weighted by molar-refractivity contribution is 0.167. The molecule has 0 saturated heterocycles. The van der Waals surface area contributed by atoms with Crippen molar-refractivity contribution in [3.63, 3.8) is 0 Å². The molecule has 0 amide bonds. The van der Waals surface area contributed by atoms with Crippen LogP contribution in [0.25, 0.3) is 0 Å². The number of hydrogen-bond donors (Lipinski definition) is 2. The summed E-state index contributed by atoms with van der Waals surface area (Å²) in [7, 11) is 1.71. The van der Waals surface area contributed by atoms with Crippen LogP contribution in [0.5, 0.6) is 0 Å². The van der Waals surface area contributed by atoms with Gasteiger partial charge in [-0.2, -0.15) is 0 Å². The quantitative estimate of drug-likeness (QED) is 0.695. The predicted molar refractivity (Wildman–Crippen MR) is 74.7 cm³/mol. The molecule has 0 radical (unpaired) electrons. The minimum absolute atomic E-state index is 0.0972. The molecule has 0 fully saturated rings. The average Bonchev–Trinajstić information content (AvgIpc) is 2.40. The molecule has 0 aliphatic carbocycles. The monoisotopic (exact) mass is 251 g/mol. The van der Waals surface area contributed by atoms with Gasteiger partial charge in [0, 0.05) is 25.7 Å². The van der Waals surface area contributed by atoms with Gasteiger partial charge in [0.2, 0.25) is 0 Å². The molecule has 3 N–H and O–H groups in total. The number of methoxy groups -OCH3 is 1. The fourth-order valence-electron chi connectivity index (χ4n) is 2.28. The van der Waals surface area contributed by atoms with Crippen LogP contribution >= 0.6 is 0 Å². The van der Waals surface area contributed by atoms with Crippen LogP contribution in [0.4, 0.5) is 0 Å². The third-order valence-electron chi connectivity index (χ3n) is 3.58. The predicted octanol–water partition coefficient (Wildman–Crippen LogP) is 2.00. The summed E-state index contributed by atoms with van der Waals surface area (Å²) in [6, 6.07) is 8.28. The molecular formula is C15H25NO2. The highest BCUT2D eigenvalue weighted by Gasteiger charge is 2.29. The van der Waals surface area contributed by atoms with Crippen molar-refractivity contribution >= 4 is 0 Å². The van der Waals surface area contributed by atoms with Gasteiger partial charge in [-0.05, 0) is 25.3 Å². The molecule has 3 nitrogen and oxygen atoms in total. The zero-order chi connectivity index (χ0) is 13.4. The summed E-state index contributed by atoms with van der Waals surface area (Å²) >= 11 is 0. The van der Waals surface area contributed by atoms with Crippen molar-refractivity contribution in [2.45, 2.75) is 31.6 Å². The van der Waals surface area contributed by atoms with Crippen LogP contribution in [0.3, 0.4) is 0 Å². The Morgan fingerprint density at radius 3 is 2.67 bits per heavy atom. The van der Waals surface area contributed by atoms with Gasteiger partial charge < -0.3 is 15.6 Å². The molecular weight excluding hydrogens is 226 g/mol. The lowest BCUT2D eigenvalue weighted by Crippen LogP contribution is -2.39. The van der Waals surface area contributed by atoms with E-state index in [0.29, 0.717) is 6.54 Å². The smallest absolute Gasteiger partial charge is 0.0540 e. The molecule has 3 heteroatoms. The van der Waals surface area contributed by atoms with Crippen LogP contribution in [-0.2, 0) is 10.2 Å². The van der Waals surface area contributed by atoms with E-state index in [1.54, 1.807) is 7.11 Å². The standard InChI is InChI=1S/C15H25NO2/c1-13-6-5-7-14(10-13)15(11-16,12-17)8-3-4-9-18-2/h5-7,10,17H,3-4,8-9,11-12,16H2,1-2H3. The number of hydrogen-bond acceptors (Lipinski definition) is 3. The second kappa shape index (κ2) is 7.52. The molecule has 0 spiro atoms. The third-order valence-corrected chi connectivity index (χ3v) is 3.58. The van der Waals surface area contributed by atoms with E-state index in [1.807, 2.05) is 6.07 Å². The highest BCUT2D eigenvalue weighted by molar-refractivity contribution is 5.30. The van der Waals surface area contributed by atoms with E-state index < -0.39 is 0 Å². The summed E-state index contributed by atoms with van der Waals surface area (Å²) in [5.74, 6) is 0. The van der Waals surface area contributed by atoms with Crippen molar-refractivity contribution in [1.29, 1.82) is 0 Å². The Bertz CT molecular complexity index is 348. The second-order valence-corrected chi connectivity index (χ2v) is 4.96. The van der Waals surface area contributed by atoms with Crippen molar-refractivity contribution < 1.29 is 9.84 Å². The molecule has 18 heavy (non-hydrogen) atoms. The van der Waals surface area contributed by atoms with E-state index in [0.717, 1.165) is 31.4 Å². The molecule has 1 unspecified atom stereocenters. The van der Waals surface area contributed by atoms with E-state index >= 15 is 0 Å². The molecule has 0 saturated carbocycles. The summed E-state index contributed by atoms with van der Waals surface area (Å²) in [4.78, 5) is 0. The normalized spacial score (nSPS) is 14.4. The van der Waals surface area contributed by atoms with Gasteiger partial charge in [0.1, 0.15) is 0 Å². The number of nitrogens with two attached hydrogens (primary N) is 1. The Morgan fingerprint density at radius 2 is 2.11 bits per heavy atom. The van der Waals surface area contributed by atoms with Crippen molar-refractivity contribution in [2.24, 2.45) is 5.73 Å². The number of benzene rings is 1. The molecule has 1 rings (SSSR count). The van der Waals surface area contributed by atoms with Crippen LogP contribution in [0.1, 0.15) is 30.4 Å². The largest absolute Gasteiger partial charge is 0.395 e. The Kier molecular flexibility index (Phi) is 6.33. The van der Waals surface area contributed by atoms with E-state index in [1.165, 1.54) is 5.56 Å². The Hall–Kier alpha value is -0.900. The lowest BCUT2D eigenvalue weighted by Gasteiger charge is -2.31. The maximum absolute atomic E-state index is 9.77. The highest BCUT2D eigenvalue weighted by atomic mass is 16.5. The summed E-state index contributed by atoms with van der Waals surface area (Å²) in [6.07, 6.45) is 2.91. The summed E-state index contributed by atoms with van der Waals surface area (Å²) < 4.78 is 5.05. The van der Waals surface area contributed by atoms with Gasteiger partial charge >= 0.3 is 0 Å². The first kappa shape index (κ1) is 15.2. The van der Waals surface area contributed by atoms with E-state index in [2.05, 4.69) is 25.1 Å². The minimum Gasteiger partial charge on any atom is -0.395 e. The highest BCUT2D eigenvalue weighted by Crippen LogP contribution is 2.29. The Balaban J connectivity index is 2.79. The fraction of sp³-hybridized carbons (Fsp3) is 0.600. The van der Waals surface area contributed by atoms with Crippen LogP contribution in [-0.4, -0.2) is 32.0 Å². The molecule has 102 valence electrons. The first-order valence-electron chi connectivity index (χ1n) is 6.55. The van der Waals surface area contributed by atoms with Crippen molar-refractivity contribution in [2.75, 3.05) is 26.9 Å². The zero-order valence-electron chi connectivity index (χ0n) is 11.5. The Morgan fingerprint density at radius 1 is 1.33 bits per heavy atom. The van der Waals surface area contributed by atoms with Crippen molar-refractivity contribution in [3.8, 4) is 0 Å². The van der Waals surface area contributed by atoms with Crippen LogP contribution in [0.15, 0.2) is 24.3 Å². The number of ether oxygens (including phenoxy) is 1. The van der Waals surface area contributed by atoms with Gasteiger partial charge in [0.25, 0.3) is 0 Å². The number of aliphatic hydroxyl groups excluding tert-OH is 1. The SMILES string of the molecule is COCCCCC(CN)(CO)c1cccc(C)c1. The Labute approximate surface area is 110 Å². The van der Waals surface area contributed by atoms with Gasteiger partial charge in [0.15, 0.2) is 0 Å². The van der Waals surface area contributed by atoms with Gasteiger partial charge in [0.05, 0.1) is 6.61 Å². The lowest BCUT2D eigenvalue weighted by atomic mass is 9.76. The molecule has 0 heterocycles. The van der Waals surface area contributed by atoms with Gasteiger partial charge in [-0.1, -0.05) is 36.2 Å². The van der Waals surface area contributed by atoms with E-state index in [4.69, 9.17) is 10.5 Å². The van der Waals surface area contributed by atoms with E-state index in [-0.39, 0.29) is 12.0 Å². The van der Waals surface area contributed by atoms with Crippen molar-refractivity contribution in [1.82, 2.24) is 0 Å². The van der Waals surface area contributed by atoms with E-state index in [9.17, 15) is 5.11 Å². The molecule has 0 aliphatic heterocycles. The van der Waals surface area contributed by atoms with Gasteiger partial charge in [-0.15, -0.1) is 0 Å². The van der Waals surface area contributed by atoms with Crippen molar-refractivity contribution in [3.05, 3.63) is 35.4 Å². The molecule has 1 aromatic carbocycles. The third kappa shape index (κ3) is 3.80. The fourth-order valence-corrected chi connectivity index (χ4v) is 2.28. The molecule has 0 aliphatic rings. The molecule has 1 atom stereocenters. The molecule has 0 bridgehead atoms. The van der Waals surface area contributed by atoms with Gasteiger partial charge in [-0.25, -0.2) is 0 Å². The zero-order valence-corrected chi connectivity index (χ0v) is 11.5. The maximum atomic E-state index is 9.77. The van der Waals surface area contributed by atoms with Crippen LogP contribution in [0.2, 0.25) is 0 Å². The number of aliphatic hydroxyl groups is 1. The van der Waals surface area contributed by atoms with Gasteiger partial charge in [-0.3, -0.25) is 0 Å². The second-order valence-electron chi connectivity index (χ2n) is 4.96. The summed E-state index contributed by atoms with van der Waals surface area (Å²) in [6.45, 7) is 3.40. The minimum atomic E-state index is -0.306. The number of aryl methyl sites for hydroxylation is 1. The van der Waals surface area contributed by atoms with Crippen LogP contribution in [0, 0.1) is 6.92 Å². The first-order chi connectivity index (χ1) is 8.68.